The summed E-state index contributed by atoms with van der Waals surface area (Å²) in [6.45, 7) is 2.57. The number of imidazole rings is 1. The predicted molar refractivity (Wildman–Crippen MR) is 114 cm³/mol. The van der Waals surface area contributed by atoms with Gasteiger partial charge in [0.15, 0.2) is 5.65 Å². The lowest BCUT2D eigenvalue weighted by Gasteiger charge is -2.10. The molecule has 4 aromatic rings. The van der Waals surface area contributed by atoms with Crippen molar-refractivity contribution >= 4 is 34.7 Å². The first-order chi connectivity index (χ1) is 13.6. The van der Waals surface area contributed by atoms with Crippen molar-refractivity contribution in [1.82, 2.24) is 14.6 Å². The third-order valence-corrected chi connectivity index (χ3v) is 4.98. The summed E-state index contributed by atoms with van der Waals surface area (Å²) >= 11 is 12.1. The molecule has 0 spiro atoms. The van der Waals surface area contributed by atoms with Gasteiger partial charge >= 0.3 is 0 Å². The van der Waals surface area contributed by atoms with E-state index in [0.717, 1.165) is 33.8 Å². The van der Waals surface area contributed by atoms with Crippen LogP contribution in [0, 0.1) is 18.8 Å². The predicted octanol–water partition coefficient (Wildman–Crippen LogP) is 5.36. The maximum atomic E-state index is 6.09. The second-order valence-electron chi connectivity index (χ2n) is 6.31. The van der Waals surface area contributed by atoms with E-state index in [2.05, 4.69) is 27.2 Å². The standard InChI is InChI=1S/C22H16Cl2N4/c1-15-11-21-25-14-18(9-7-16-5-3-2-4-6-16)28(21)27-22(15)26-13-17-8-10-19(23)20(24)12-17/h2-6,8,10-12,14H,13H2,1H3,(H,26,27). The number of aromatic nitrogens is 3. The number of anilines is 1. The Morgan fingerprint density at radius 3 is 2.61 bits per heavy atom. The van der Waals surface area contributed by atoms with Crippen molar-refractivity contribution in [2.75, 3.05) is 5.32 Å². The van der Waals surface area contributed by atoms with E-state index in [1.165, 1.54) is 0 Å². The van der Waals surface area contributed by atoms with Crippen LogP contribution in [0.25, 0.3) is 5.65 Å². The Kier molecular flexibility index (Phi) is 5.21. The molecule has 2 heterocycles. The van der Waals surface area contributed by atoms with Crippen molar-refractivity contribution in [3.8, 4) is 11.8 Å². The lowest BCUT2D eigenvalue weighted by atomic mass is 10.2. The molecule has 0 radical (unpaired) electrons. The molecule has 138 valence electrons. The topological polar surface area (TPSA) is 42.2 Å². The minimum Gasteiger partial charge on any atom is -0.364 e. The summed E-state index contributed by atoms with van der Waals surface area (Å²) in [7, 11) is 0. The average Bonchev–Trinajstić information content (AvgIpc) is 3.09. The molecule has 0 aliphatic carbocycles. The van der Waals surface area contributed by atoms with Crippen LogP contribution < -0.4 is 5.32 Å². The van der Waals surface area contributed by atoms with E-state index in [4.69, 9.17) is 23.2 Å². The van der Waals surface area contributed by atoms with Crippen molar-refractivity contribution < 1.29 is 0 Å². The van der Waals surface area contributed by atoms with Gasteiger partial charge in [-0.3, -0.25) is 0 Å². The van der Waals surface area contributed by atoms with Gasteiger partial charge in [-0.15, -0.1) is 5.10 Å². The Labute approximate surface area is 173 Å². The van der Waals surface area contributed by atoms with E-state index < -0.39 is 0 Å². The zero-order chi connectivity index (χ0) is 19.5. The fourth-order valence-electron chi connectivity index (χ4n) is 2.76. The van der Waals surface area contributed by atoms with Crippen molar-refractivity contribution in [2.24, 2.45) is 0 Å². The van der Waals surface area contributed by atoms with Crippen LogP contribution in [0.15, 0.2) is 60.8 Å². The summed E-state index contributed by atoms with van der Waals surface area (Å²) in [5.74, 6) is 7.05. The number of nitrogens with zero attached hydrogens (tertiary/aromatic N) is 3. The monoisotopic (exact) mass is 406 g/mol. The summed E-state index contributed by atoms with van der Waals surface area (Å²) in [6, 6.07) is 17.4. The van der Waals surface area contributed by atoms with E-state index in [1.807, 2.05) is 55.5 Å². The highest BCUT2D eigenvalue weighted by atomic mass is 35.5. The highest BCUT2D eigenvalue weighted by Crippen LogP contribution is 2.23. The van der Waals surface area contributed by atoms with Gasteiger partial charge in [0, 0.05) is 12.1 Å². The summed E-state index contributed by atoms with van der Waals surface area (Å²) < 4.78 is 1.75. The van der Waals surface area contributed by atoms with Gasteiger partial charge in [0.05, 0.1) is 16.2 Å². The normalized spacial score (nSPS) is 10.5. The van der Waals surface area contributed by atoms with E-state index in [-0.39, 0.29) is 0 Å². The second-order valence-corrected chi connectivity index (χ2v) is 7.12. The molecule has 4 nitrogen and oxygen atoms in total. The number of hydrogen-bond acceptors (Lipinski definition) is 3. The third kappa shape index (κ3) is 3.96. The molecule has 1 N–H and O–H groups in total. The van der Waals surface area contributed by atoms with Crippen LogP contribution in [0.5, 0.6) is 0 Å². The SMILES string of the molecule is Cc1cc2ncc(C#Cc3ccccc3)n2nc1NCc1ccc(Cl)c(Cl)c1. The van der Waals surface area contributed by atoms with E-state index >= 15 is 0 Å². The molecule has 2 aromatic carbocycles. The van der Waals surface area contributed by atoms with Crippen LogP contribution in [-0.4, -0.2) is 14.6 Å². The summed E-state index contributed by atoms with van der Waals surface area (Å²) in [4.78, 5) is 4.41. The van der Waals surface area contributed by atoms with Crippen LogP contribution in [0.4, 0.5) is 5.82 Å². The molecular weight excluding hydrogens is 391 g/mol. The first-order valence-electron chi connectivity index (χ1n) is 8.70. The molecule has 2 aromatic heterocycles. The third-order valence-electron chi connectivity index (χ3n) is 4.24. The summed E-state index contributed by atoms with van der Waals surface area (Å²) in [5, 5.41) is 9.11. The molecule has 4 rings (SSSR count). The molecular formula is C22H16Cl2N4. The first kappa shape index (κ1) is 18.4. The van der Waals surface area contributed by atoms with Crippen molar-refractivity contribution in [3.63, 3.8) is 0 Å². The highest BCUT2D eigenvalue weighted by Gasteiger charge is 2.08. The first-order valence-corrected chi connectivity index (χ1v) is 9.46. The van der Waals surface area contributed by atoms with Crippen LogP contribution in [0.1, 0.15) is 22.4 Å². The second kappa shape index (κ2) is 7.93. The molecule has 0 saturated heterocycles. The average molecular weight is 407 g/mol. The van der Waals surface area contributed by atoms with Crippen LogP contribution in [-0.2, 0) is 6.54 Å². The van der Waals surface area contributed by atoms with Crippen molar-refractivity contribution in [2.45, 2.75) is 13.5 Å². The maximum absolute atomic E-state index is 6.09. The summed E-state index contributed by atoms with van der Waals surface area (Å²) in [5.41, 5.74) is 4.46. The van der Waals surface area contributed by atoms with Gasteiger partial charge < -0.3 is 5.32 Å². The number of hydrogen-bond donors (Lipinski definition) is 1. The Hall–Kier alpha value is -3.00. The maximum Gasteiger partial charge on any atom is 0.155 e. The lowest BCUT2D eigenvalue weighted by Crippen LogP contribution is -2.07. The number of fused-ring (bicyclic) bond motifs is 1. The molecule has 0 fully saturated rings. The fraction of sp³-hybridized carbons (Fsp3) is 0.0909. The van der Waals surface area contributed by atoms with Crippen molar-refractivity contribution in [3.05, 3.63) is 93.2 Å². The molecule has 0 atom stereocenters. The van der Waals surface area contributed by atoms with Gasteiger partial charge in [-0.05, 0) is 54.3 Å². The van der Waals surface area contributed by atoms with Crippen LogP contribution >= 0.6 is 23.2 Å². The zero-order valence-electron chi connectivity index (χ0n) is 15.1. The Balaban J connectivity index is 1.61. The quantitative estimate of drug-likeness (QED) is 0.465. The van der Waals surface area contributed by atoms with E-state index in [1.54, 1.807) is 16.8 Å². The summed E-state index contributed by atoms with van der Waals surface area (Å²) in [6.07, 6.45) is 1.74. The fourth-order valence-corrected chi connectivity index (χ4v) is 3.08. The minimum absolute atomic E-state index is 0.536. The number of benzene rings is 2. The molecule has 6 heteroatoms. The molecule has 0 amide bonds. The molecule has 0 unspecified atom stereocenters. The molecule has 0 aliphatic rings. The van der Waals surface area contributed by atoms with Gasteiger partial charge in [-0.25, -0.2) is 9.50 Å². The van der Waals surface area contributed by atoms with Gasteiger partial charge in [0.1, 0.15) is 11.5 Å². The Morgan fingerprint density at radius 1 is 1.00 bits per heavy atom. The van der Waals surface area contributed by atoms with Crippen LogP contribution in [0.3, 0.4) is 0 Å². The van der Waals surface area contributed by atoms with Crippen LogP contribution in [0.2, 0.25) is 10.0 Å². The smallest absolute Gasteiger partial charge is 0.155 e. The number of rotatable bonds is 3. The largest absolute Gasteiger partial charge is 0.364 e. The van der Waals surface area contributed by atoms with Gasteiger partial charge in [-0.1, -0.05) is 53.4 Å². The van der Waals surface area contributed by atoms with Gasteiger partial charge in [0.25, 0.3) is 0 Å². The van der Waals surface area contributed by atoms with E-state index in [9.17, 15) is 0 Å². The van der Waals surface area contributed by atoms with Gasteiger partial charge in [-0.2, -0.15) is 0 Å². The Morgan fingerprint density at radius 2 is 1.82 bits per heavy atom. The number of halogens is 2. The molecule has 0 aliphatic heterocycles. The number of aryl methyl sites for hydroxylation is 1. The lowest BCUT2D eigenvalue weighted by molar-refractivity contribution is 0.906. The zero-order valence-corrected chi connectivity index (χ0v) is 16.6. The number of nitrogens with one attached hydrogen (secondary N) is 1. The molecule has 0 saturated carbocycles. The highest BCUT2D eigenvalue weighted by molar-refractivity contribution is 6.42. The molecule has 28 heavy (non-hydrogen) atoms. The van der Waals surface area contributed by atoms with E-state index in [0.29, 0.717) is 16.6 Å². The van der Waals surface area contributed by atoms with Crippen molar-refractivity contribution in [1.29, 1.82) is 0 Å². The van der Waals surface area contributed by atoms with Gasteiger partial charge in [0.2, 0.25) is 0 Å². The molecule has 0 bridgehead atoms. The minimum atomic E-state index is 0.536. The Bertz CT molecular complexity index is 1200.